The molecule has 3 aromatic rings. The number of nitrogens with zero attached hydrogens (tertiary/aromatic N) is 7. The molecule has 0 unspecified atom stereocenters. The Hall–Kier alpha value is -3.36. The highest BCUT2D eigenvalue weighted by atomic mass is 32.2. The molecule has 1 amide bonds. The van der Waals surface area contributed by atoms with Gasteiger partial charge in [0.2, 0.25) is 27.8 Å². The van der Waals surface area contributed by atoms with Crippen molar-refractivity contribution in [2.45, 2.75) is 6.42 Å². The monoisotopic (exact) mass is 515 g/mol. The van der Waals surface area contributed by atoms with Gasteiger partial charge in [-0.25, -0.2) is 8.42 Å². The number of piperazine rings is 1. The first-order valence-electron chi connectivity index (χ1n) is 11.9. The fourth-order valence-corrected chi connectivity index (χ4v) is 5.17. The van der Waals surface area contributed by atoms with Crippen LogP contribution in [-0.2, 0) is 19.6 Å². The Kier molecular flexibility index (Phi) is 6.98. The number of aromatic amines is 1. The Morgan fingerprint density at radius 2 is 1.86 bits per heavy atom. The van der Waals surface area contributed by atoms with Gasteiger partial charge in [-0.3, -0.25) is 9.89 Å². The third kappa shape index (κ3) is 5.39. The van der Waals surface area contributed by atoms with Crippen LogP contribution < -0.4 is 10.2 Å². The molecule has 2 N–H and O–H groups in total. The van der Waals surface area contributed by atoms with E-state index in [0.717, 1.165) is 16.5 Å². The number of sulfonamides is 1. The van der Waals surface area contributed by atoms with Crippen molar-refractivity contribution in [2.75, 3.05) is 75.5 Å². The number of rotatable bonds is 7. The summed E-state index contributed by atoms with van der Waals surface area (Å²) < 4.78 is 30.3. The lowest BCUT2D eigenvalue weighted by Gasteiger charge is -2.33. The van der Waals surface area contributed by atoms with Gasteiger partial charge < -0.3 is 19.9 Å². The number of anilines is 2. The highest BCUT2D eigenvalue weighted by molar-refractivity contribution is 7.88. The quantitative estimate of drug-likeness (QED) is 0.445. The zero-order valence-corrected chi connectivity index (χ0v) is 20.9. The van der Waals surface area contributed by atoms with E-state index in [1.807, 2.05) is 18.2 Å². The first kappa shape index (κ1) is 24.3. The minimum atomic E-state index is -3.24. The Morgan fingerprint density at radius 1 is 1.08 bits per heavy atom. The van der Waals surface area contributed by atoms with Crippen LogP contribution in [0.25, 0.3) is 22.3 Å². The van der Waals surface area contributed by atoms with Crippen molar-refractivity contribution in [1.82, 2.24) is 34.4 Å². The number of hydrogen-bond donors (Lipinski definition) is 2. The third-order valence-corrected chi connectivity index (χ3v) is 7.63. The van der Waals surface area contributed by atoms with Crippen molar-refractivity contribution in [3.8, 4) is 11.4 Å². The van der Waals surface area contributed by atoms with Gasteiger partial charge in [-0.05, 0) is 6.07 Å². The largest absolute Gasteiger partial charge is 0.378 e. The zero-order valence-electron chi connectivity index (χ0n) is 20.1. The summed E-state index contributed by atoms with van der Waals surface area (Å²) in [6.07, 6.45) is 3.18. The average molecular weight is 516 g/mol. The smallest absolute Gasteiger partial charge is 0.230 e. The van der Waals surface area contributed by atoms with Gasteiger partial charge in [-0.1, -0.05) is 12.1 Å². The van der Waals surface area contributed by atoms with E-state index in [9.17, 15) is 13.2 Å². The van der Waals surface area contributed by atoms with Crippen molar-refractivity contribution in [3.63, 3.8) is 0 Å². The fourth-order valence-electron chi connectivity index (χ4n) is 4.34. The minimum absolute atomic E-state index is 0.0403. The van der Waals surface area contributed by atoms with E-state index >= 15 is 0 Å². The lowest BCUT2D eigenvalue weighted by Crippen LogP contribution is -2.50. The first-order valence-corrected chi connectivity index (χ1v) is 13.7. The van der Waals surface area contributed by atoms with Crippen LogP contribution in [0.4, 0.5) is 11.9 Å². The molecule has 0 bridgehead atoms. The van der Waals surface area contributed by atoms with Gasteiger partial charge >= 0.3 is 0 Å². The van der Waals surface area contributed by atoms with Crippen LogP contribution >= 0.6 is 0 Å². The summed E-state index contributed by atoms with van der Waals surface area (Å²) in [6, 6.07) is 5.81. The number of carbonyl (C=O) groups excluding carboxylic acids is 1. The van der Waals surface area contributed by atoms with Gasteiger partial charge in [0.05, 0.1) is 31.2 Å². The molecule has 0 radical (unpaired) electrons. The molecular weight excluding hydrogens is 486 g/mol. The Balaban J connectivity index is 1.30. The van der Waals surface area contributed by atoms with Crippen molar-refractivity contribution < 1.29 is 17.9 Å². The molecule has 2 aliphatic heterocycles. The number of fused-ring (bicyclic) bond motifs is 1. The maximum absolute atomic E-state index is 12.7. The number of morpholine rings is 1. The van der Waals surface area contributed by atoms with E-state index in [1.54, 1.807) is 11.1 Å². The summed E-state index contributed by atoms with van der Waals surface area (Å²) in [5.74, 6) is 1.41. The van der Waals surface area contributed by atoms with Crippen LogP contribution in [-0.4, -0.2) is 114 Å². The SMILES string of the molecule is CS(=O)(=O)N1CCN(C(=O)CCNc2nc(-c3cccc4[nH]ncc34)nc(N3CCOCC3)n2)CC1. The van der Waals surface area contributed by atoms with Crippen LogP contribution in [0.5, 0.6) is 0 Å². The minimum Gasteiger partial charge on any atom is -0.378 e. The predicted molar refractivity (Wildman–Crippen MR) is 134 cm³/mol. The topological polar surface area (TPSA) is 150 Å². The fraction of sp³-hybridized carbons (Fsp3) is 0.500. The Morgan fingerprint density at radius 3 is 2.61 bits per heavy atom. The van der Waals surface area contributed by atoms with E-state index in [4.69, 9.17) is 9.72 Å². The van der Waals surface area contributed by atoms with E-state index in [-0.39, 0.29) is 12.3 Å². The number of ether oxygens (including phenoxy) is 1. The first-order chi connectivity index (χ1) is 17.4. The molecule has 4 heterocycles. The third-order valence-electron chi connectivity index (χ3n) is 6.33. The maximum Gasteiger partial charge on any atom is 0.230 e. The Bertz CT molecular complexity index is 1330. The van der Waals surface area contributed by atoms with E-state index in [1.165, 1.54) is 10.6 Å². The summed E-state index contributed by atoms with van der Waals surface area (Å²) in [4.78, 5) is 30.4. The lowest BCUT2D eigenvalue weighted by molar-refractivity contribution is -0.132. The molecule has 0 saturated carbocycles. The second kappa shape index (κ2) is 10.3. The van der Waals surface area contributed by atoms with Gasteiger partial charge in [0, 0.05) is 63.2 Å². The molecular formula is C22H29N9O4S. The highest BCUT2D eigenvalue weighted by Gasteiger charge is 2.26. The zero-order chi connectivity index (χ0) is 25.1. The van der Waals surface area contributed by atoms with Crippen LogP contribution in [0.15, 0.2) is 24.4 Å². The van der Waals surface area contributed by atoms with Gasteiger partial charge in [0.15, 0.2) is 5.82 Å². The number of carbonyl (C=O) groups is 1. The number of hydrogen-bond acceptors (Lipinski definition) is 10. The maximum atomic E-state index is 12.7. The number of aromatic nitrogens is 5. The summed E-state index contributed by atoms with van der Waals surface area (Å²) in [6.45, 7) is 4.30. The lowest BCUT2D eigenvalue weighted by atomic mass is 10.1. The van der Waals surface area contributed by atoms with E-state index in [0.29, 0.717) is 76.7 Å². The van der Waals surface area contributed by atoms with Crippen LogP contribution in [0.1, 0.15) is 6.42 Å². The average Bonchev–Trinajstić information content (AvgIpc) is 3.38. The molecule has 0 atom stereocenters. The summed E-state index contributed by atoms with van der Waals surface area (Å²) >= 11 is 0. The van der Waals surface area contributed by atoms with Crippen LogP contribution in [0.3, 0.4) is 0 Å². The van der Waals surface area contributed by atoms with Crippen LogP contribution in [0.2, 0.25) is 0 Å². The predicted octanol–water partition coefficient (Wildman–Crippen LogP) is 0.157. The van der Waals surface area contributed by atoms with E-state index in [2.05, 4.69) is 30.4 Å². The molecule has 0 spiro atoms. The van der Waals surface area contributed by atoms with Crippen molar-refractivity contribution in [3.05, 3.63) is 24.4 Å². The molecule has 0 aliphatic carbocycles. The number of H-pyrrole nitrogens is 1. The highest BCUT2D eigenvalue weighted by Crippen LogP contribution is 2.27. The molecule has 5 rings (SSSR count). The summed E-state index contributed by atoms with van der Waals surface area (Å²) in [5.41, 5.74) is 1.72. The second-order valence-corrected chi connectivity index (χ2v) is 10.7. The van der Waals surface area contributed by atoms with E-state index < -0.39 is 10.0 Å². The van der Waals surface area contributed by atoms with Gasteiger partial charge in [-0.15, -0.1) is 0 Å². The molecule has 1 aromatic carbocycles. The molecule has 14 heteroatoms. The molecule has 2 aromatic heterocycles. The standard InChI is InChI=1S/C22H29N9O4S/c1-36(33,34)31-9-7-29(8-10-31)19(32)5-6-23-21-25-20(16-3-2-4-18-17(16)15-24-28-18)26-22(27-21)30-11-13-35-14-12-30/h2-4,15H,5-14H2,1H3,(H,24,28)(H,23,25,26,27). The molecule has 2 aliphatic rings. The normalized spacial score (nSPS) is 17.5. The van der Waals surface area contributed by atoms with Crippen molar-refractivity contribution >= 4 is 38.7 Å². The molecule has 2 fully saturated rings. The van der Waals surface area contributed by atoms with Gasteiger partial charge in [-0.2, -0.15) is 24.4 Å². The number of benzene rings is 1. The summed E-state index contributed by atoms with van der Waals surface area (Å²) in [7, 11) is -3.24. The molecule has 2 saturated heterocycles. The molecule has 192 valence electrons. The molecule has 13 nitrogen and oxygen atoms in total. The van der Waals surface area contributed by atoms with Crippen LogP contribution in [0, 0.1) is 0 Å². The Labute approximate surface area is 208 Å². The van der Waals surface area contributed by atoms with Crippen molar-refractivity contribution in [1.29, 1.82) is 0 Å². The number of amides is 1. The van der Waals surface area contributed by atoms with Gasteiger partial charge in [0.1, 0.15) is 0 Å². The second-order valence-electron chi connectivity index (χ2n) is 8.74. The molecule has 36 heavy (non-hydrogen) atoms. The summed E-state index contributed by atoms with van der Waals surface area (Å²) in [5, 5.41) is 11.2. The van der Waals surface area contributed by atoms with Crippen molar-refractivity contribution in [2.24, 2.45) is 0 Å². The van der Waals surface area contributed by atoms with Gasteiger partial charge in [0.25, 0.3) is 0 Å². The number of nitrogens with one attached hydrogen (secondary N) is 2.